The fraction of sp³-hybridized carbons (Fsp3) is 0.294. The smallest absolute Gasteiger partial charge is 0.115 e. The second kappa shape index (κ2) is 6.67. The van der Waals surface area contributed by atoms with Crippen LogP contribution in [0.5, 0.6) is 5.75 Å². The van der Waals surface area contributed by atoms with E-state index >= 15 is 0 Å². The molecule has 0 aliphatic carbocycles. The van der Waals surface area contributed by atoms with Gasteiger partial charge in [0, 0.05) is 16.8 Å². The zero-order valence-corrected chi connectivity index (χ0v) is 12.6. The van der Waals surface area contributed by atoms with Gasteiger partial charge in [-0.1, -0.05) is 29.8 Å². The quantitative estimate of drug-likeness (QED) is 0.829. The Morgan fingerprint density at radius 1 is 1.15 bits per heavy atom. The molecular weight excluding hydrogens is 270 g/mol. The van der Waals surface area contributed by atoms with Gasteiger partial charge in [0.1, 0.15) is 5.75 Å². The van der Waals surface area contributed by atoms with Crippen LogP contribution in [0.25, 0.3) is 0 Å². The third kappa shape index (κ3) is 3.91. The molecule has 0 heterocycles. The van der Waals surface area contributed by atoms with E-state index < -0.39 is 0 Å². The van der Waals surface area contributed by atoms with Gasteiger partial charge in [0.25, 0.3) is 0 Å². The fourth-order valence-electron chi connectivity index (χ4n) is 2.15. The molecule has 0 aliphatic rings. The molecule has 1 unspecified atom stereocenters. The summed E-state index contributed by atoms with van der Waals surface area (Å²) < 4.78 is 0. The second-order valence-electron chi connectivity index (χ2n) is 5.16. The average Bonchev–Trinajstić information content (AvgIpc) is 2.43. The molecule has 0 saturated heterocycles. The first-order chi connectivity index (χ1) is 9.56. The van der Waals surface area contributed by atoms with Gasteiger partial charge in [0.15, 0.2) is 0 Å². The number of halogens is 1. The number of phenolic OH excluding ortho intramolecular Hbond substituents is 1. The Kier molecular flexibility index (Phi) is 4.91. The highest BCUT2D eigenvalue weighted by Crippen LogP contribution is 2.24. The van der Waals surface area contributed by atoms with Crippen LogP contribution < -0.4 is 5.32 Å². The minimum Gasteiger partial charge on any atom is -0.508 e. The molecule has 0 radical (unpaired) electrons. The van der Waals surface area contributed by atoms with Crippen molar-refractivity contribution in [3.8, 4) is 5.75 Å². The molecule has 2 aromatic rings. The SMILES string of the molecule is Cc1c(Cl)cccc1NC(C)CCc1ccc(O)cc1. The van der Waals surface area contributed by atoms with Crippen LogP contribution in [-0.2, 0) is 6.42 Å². The molecule has 2 N–H and O–H groups in total. The Hall–Kier alpha value is -1.67. The van der Waals surface area contributed by atoms with Crippen molar-refractivity contribution >= 4 is 17.3 Å². The van der Waals surface area contributed by atoms with Crippen LogP contribution in [0.15, 0.2) is 42.5 Å². The summed E-state index contributed by atoms with van der Waals surface area (Å²) in [6.45, 7) is 4.19. The number of aryl methyl sites for hydroxylation is 1. The van der Waals surface area contributed by atoms with Crippen LogP contribution in [0.1, 0.15) is 24.5 Å². The Bertz CT molecular complexity index is 566. The predicted molar refractivity (Wildman–Crippen MR) is 85.7 cm³/mol. The molecule has 106 valence electrons. The van der Waals surface area contributed by atoms with Crippen molar-refractivity contribution in [1.82, 2.24) is 0 Å². The normalized spacial score (nSPS) is 12.2. The van der Waals surface area contributed by atoms with Crippen molar-refractivity contribution < 1.29 is 5.11 Å². The molecule has 0 aliphatic heterocycles. The molecule has 20 heavy (non-hydrogen) atoms. The number of benzene rings is 2. The molecule has 0 aromatic heterocycles. The summed E-state index contributed by atoms with van der Waals surface area (Å²) in [7, 11) is 0. The van der Waals surface area contributed by atoms with Gasteiger partial charge in [-0.15, -0.1) is 0 Å². The summed E-state index contributed by atoms with van der Waals surface area (Å²) in [6, 6.07) is 13.7. The van der Waals surface area contributed by atoms with E-state index in [0.717, 1.165) is 29.1 Å². The molecule has 2 aromatic carbocycles. The monoisotopic (exact) mass is 289 g/mol. The summed E-state index contributed by atoms with van der Waals surface area (Å²) >= 11 is 6.12. The van der Waals surface area contributed by atoms with Crippen molar-refractivity contribution in [2.75, 3.05) is 5.32 Å². The molecule has 2 rings (SSSR count). The summed E-state index contributed by atoms with van der Waals surface area (Å²) in [6.07, 6.45) is 2.00. The molecule has 0 amide bonds. The van der Waals surface area contributed by atoms with E-state index in [2.05, 4.69) is 18.3 Å². The van der Waals surface area contributed by atoms with Crippen LogP contribution in [-0.4, -0.2) is 11.1 Å². The van der Waals surface area contributed by atoms with Crippen molar-refractivity contribution in [3.63, 3.8) is 0 Å². The van der Waals surface area contributed by atoms with Gasteiger partial charge < -0.3 is 10.4 Å². The summed E-state index contributed by atoms with van der Waals surface area (Å²) in [5.74, 6) is 0.314. The van der Waals surface area contributed by atoms with Gasteiger partial charge in [-0.05, 0) is 62.1 Å². The van der Waals surface area contributed by atoms with Crippen LogP contribution in [0, 0.1) is 6.92 Å². The lowest BCUT2D eigenvalue weighted by molar-refractivity contribution is 0.475. The Balaban J connectivity index is 1.91. The summed E-state index contributed by atoms with van der Waals surface area (Å²) in [4.78, 5) is 0. The van der Waals surface area contributed by atoms with Gasteiger partial charge in [-0.3, -0.25) is 0 Å². The molecule has 0 saturated carbocycles. The first kappa shape index (κ1) is 14.7. The van der Waals surface area contributed by atoms with Gasteiger partial charge >= 0.3 is 0 Å². The first-order valence-corrected chi connectivity index (χ1v) is 7.23. The standard InChI is InChI=1S/C17H20ClNO/c1-12(6-7-14-8-10-15(20)11-9-14)19-17-5-3-4-16(18)13(17)2/h3-5,8-12,19-20H,6-7H2,1-2H3. The number of rotatable bonds is 5. The van der Waals surface area contributed by atoms with Crippen LogP contribution in [0.3, 0.4) is 0 Å². The van der Waals surface area contributed by atoms with Gasteiger partial charge in [-0.2, -0.15) is 0 Å². The van der Waals surface area contributed by atoms with E-state index in [4.69, 9.17) is 11.6 Å². The zero-order chi connectivity index (χ0) is 14.5. The number of anilines is 1. The van der Waals surface area contributed by atoms with E-state index in [9.17, 15) is 5.11 Å². The van der Waals surface area contributed by atoms with Crippen molar-refractivity contribution in [1.29, 1.82) is 0 Å². The van der Waals surface area contributed by atoms with Crippen molar-refractivity contribution in [2.24, 2.45) is 0 Å². The van der Waals surface area contributed by atoms with Crippen molar-refractivity contribution in [2.45, 2.75) is 32.7 Å². The highest BCUT2D eigenvalue weighted by atomic mass is 35.5. The van der Waals surface area contributed by atoms with E-state index in [0.29, 0.717) is 11.8 Å². The number of aromatic hydroxyl groups is 1. The number of hydrogen-bond acceptors (Lipinski definition) is 2. The Morgan fingerprint density at radius 2 is 1.85 bits per heavy atom. The molecular formula is C17H20ClNO. The van der Waals surface area contributed by atoms with E-state index in [1.807, 2.05) is 31.2 Å². The van der Waals surface area contributed by atoms with E-state index in [1.165, 1.54) is 5.56 Å². The van der Waals surface area contributed by atoms with Crippen LogP contribution in [0.2, 0.25) is 5.02 Å². The van der Waals surface area contributed by atoms with Crippen LogP contribution in [0.4, 0.5) is 5.69 Å². The molecule has 3 heteroatoms. The lowest BCUT2D eigenvalue weighted by Gasteiger charge is -2.17. The molecule has 0 fully saturated rings. The largest absolute Gasteiger partial charge is 0.508 e. The molecule has 1 atom stereocenters. The Morgan fingerprint density at radius 3 is 2.55 bits per heavy atom. The minimum atomic E-state index is 0.314. The maximum atomic E-state index is 9.26. The maximum absolute atomic E-state index is 9.26. The lowest BCUT2D eigenvalue weighted by atomic mass is 10.1. The highest BCUT2D eigenvalue weighted by molar-refractivity contribution is 6.31. The molecule has 0 spiro atoms. The summed E-state index contributed by atoms with van der Waals surface area (Å²) in [5.41, 5.74) is 3.42. The second-order valence-corrected chi connectivity index (χ2v) is 5.57. The molecule has 0 bridgehead atoms. The number of nitrogens with one attached hydrogen (secondary N) is 1. The third-order valence-corrected chi connectivity index (χ3v) is 3.88. The average molecular weight is 290 g/mol. The third-order valence-electron chi connectivity index (χ3n) is 3.47. The van der Waals surface area contributed by atoms with E-state index in [-0.39, 0.29) is 0 Å². The molecule has 2 nitrogen and oxygen atoms in total. The van der Waals surface area contributed by atoms with Gasteiger partial charge in [-0.25, -0.2) is 0 Å². The van der Waals surface area contributed by atoms with Gasteiger partial charge in [0.05, 0.1) is 0 Å². The lowest BCUT2D eigenvalue weighted by Crippen LogP contribution is -2.16. The number of phenols is 1. The van der Waals surface area contributed by atoms with Gasteiger partial charge in [0.2, 0.25) is 0 Å². The summed E-state index contributed by atoms with van der Waals surface area (Å²) in [5, 5.41) is 13.6. The predicted octanol–water partition coefficient (Wildman–Crippen LogP) is 4.79. The topological polar surface area (TPSA) is 32.3 Å². The fourth-order valence-corrected chi connectivity index (χ4v) is 2.32. The minimum absolute atomic E-state index is 0.314. The van der Waals surface area contributed by atoms with Crippen molar-refractivity contribution in [3.05, 3.63) is 58.6 Å². The van der Waals surface area contributed by atoms with E-state index in [1.54, 1.807) is 12.1 Å². The number of hydrogen-bond donors (Lipinski definition) is 2. The first-order valence-electron chi connectivity index (χ1n) is 6.86. The zero-order valence-electron chi connectivity index (χ0n) is 11.9. The maximum Gasteiger partial charge on any atom is 0.115 e. The van der Waals surface area contributed by atoms with Crippen LogP contribution >= 0.6 is 11.6 Å². The highest BCUT2D eigenvalue weighted by Gasteiger charge is 2.06. The Labute approximate surface area is 125 Å².